The molecule has 2 aliphatic heterocycles. The van der Waals surface area contributed by atoms with Crippen LogP contribution >= 0.6 is 11.8 Å². The zero-order valence-corrected chi connectivity index (χ0v) is 19.8. The van der Waals surface area contributed by atoms with E-state index in [1.165, 1.54) is 11.8 Å². The highest BCUT2D eigenvalue weighted by Gasteiger charge is 2.47. The number of thioether (sulfide) groups is 1. The minimum absolute atomic E-state index is 0.200. The van der Waals surface area contributed by atoms with Crippen molar-refractivity contribution in [2.45, 2.75) is 73.8 Å². The van der Waals surface area contributed by atoms with E-state index in [9.17, 15) is 9.59 Å². The van der Waals surface area contributed by atoms with Crippen LogP contribution < -0.4 is 5.32 Å². The number of carbonyl (C=O) groups is 2. The number of nitrogens with one attached hydrogen (secondary N) is 1. The molecule has 0 amide bonds. The summed E-state index contributed by atoms with van der Waals surface area (Å²) in [5, 5.41) is 3.35. The number of ketones is 2. The van der Waals surface area contributed by atoms with E-state index >= 15 is 0 Å². The van der Waals surface area contributed by atoms with Crippen molar-refractivity contribution in [3.63, 3.8) is 0 Å². The number of allylic oxidation sites excluding steroid dienone is 4. The van der Waals surface area contributed by atoms with Gasteiger partial charge >= 0.3 is 0 Å². The largest absolute Gasteiger partial charge is 0.488 e. The molecule has 0 radical (unpaired) electrons. The Bertz CT molecular complexity index is 599. The standard InChI is InChI=1S/C17H21NO3S.3C2H6/c1-3-5-12-11(4-2)13(19)14(20)16-15(12)21-17(10-22-16)6-8-18-9-7-17;3*1-2/h3-5,12,18H,6-10H2,1-2H3;3*1-2H3/b5-3?,11-4+;;;. The summed E-state index contributed by atoms with van der Waals surface area (Å²) in [5.41, 5.74) is 0.335. The van der Waals surface area contributed by atoms with Crippen LogP contribution in [0.2, 0.25) is 0 Å². The van der Waals surface area contributed by atoms with E-state index in [0.717, 1.165) is 31.7 Å². The monoisotopic (exact) mass is 409 g/mol. The molecule has 0 aromatic rings. The Balaban J connectivity index is 0.00000111. The molecule has 1 fully saturated rings. The number of hydrogen-bond acceptors (Lipinski definition) is 5. The van der Waals surface area contributed by atoms with Gasteiger partial charge in [0.25, 0.3) is 0 Å². The van der Waals surface area contributed by atoms with Gasteiger partial charge in [0.1, 0.15) is 11.4 Å². The van der Waals surface area contributed by atoms with Gasteiger partial charge in [-0.1, -0.05) is 59.8 Å². The van der Waals surface area contributed by atoms with Crippen molar-refractivity contribution >= 4 is 23.3 Å². The van der Waals surface area contributed by atoms with Crippen LogP contribution in [-0.4, -0.2) is 36.0 Å². The van der Waals surface area contributed by atoms with Crippen molar-refractivity contribution in [1.82, 2.24) is 5.32 Å². The Hall–Kier alpha value is -1.33. The molecule has 0 bridgehead atoms. The summed E-state index contributed by atoms with van der Waals surface area (Å²) < 4.78 is 6.39. The molecule has 0 aromatic heterocycles. The topological polar surface area (TPSA) is 55.4 Å². The van der Waals surface area contributed by atoms with Crippen molar-refractivity contribution in [3.05, 3.63) is 34.5 Å². The van der Waals surface area contributed by atoms with Crippen LogP contribution in [0.3, 0.4) is 0 Å². The first kappa shape index (κ1) is 26.7. The molecule has 3 rings (SSSR count). The molecule has 1 spiro atoms. The highest BCUT2D eigenvalue weighted by Crippen LogP contribution is 2.46. The second-order valence-corrected chi connectivity index (χ2v) is 6.91. The molecule has 0 saturated carbocycles. The zero-order valence-electron chi connectivity index (χ0n) is 19.0. The van der Waals surface area contributed by atoms with Gasteiger partial charge in [-0.15, -0.1) is 11.8 Å². The van der Waals surface area contributed by atoms with Gasteiger partial charge in [0.2, 0.25) is 11.6 Å². The van der Waals surface area contributed by atoms with E-state index in [-0.39, 0.29) is 17.3 Å². The molecule has 4 nitrogen and oxygen atoms in total. The number of Topliss-reactive ketones (excluding diaryl/α,β-unsaturated/α-hetero) is 2. The lowest BCUT2D eigenvalue weighted by atomic mass is 9.84. The van der Waals surface area contributed by atoms with Gasteiger partial charge in [-0.3, -0.25) is 9.59 Å². The number of carbonyl (C=O) groups excluding carboxylic acids is 2. The Labute approximate surface area is 176 Å². The van der Waals surface area contributed by atoms with Crippen LogP contribution in [0.1, 0.15) is 68.2 Å². The second-order valence-electron chi connectivity index (χ2n) is 5.92. The molecule has 160 valence electrons. The van der Waals surface area contributed by atoms with Crippen molar-refractivity contribution in [2.75, 3.05) is 18.8 Å². The maximum absolute atomic E-state index is 12.4. The maximum Gasteiger partial charge on any atom is 0.242 e. The summed E-state index contributed by atoms with van der Waals surface area (Å²) in [7, 11) is 0. The molecule has 5 heteroatoms. The SMILES string of the molecule is CC.CC.CC.CC=CC1C2=C(SCC3(CCNCC3)O2)C(=O)C(=O)/C1=C/C. The lowest BCUT2D eigenvalue weighted by Gasteiger charge is -2.44. The van der Waals surface area contributed by atoms with Crippen LogP contribution in [0, 0.1) is 5.92 Å². The van der Waals surface area contributed by atoms with Crippen LogP contribution in [0.15, 0.2) is 34.5 Å². The number of rotatable bonds is 1. The minimum atomic E-state index is -0.405. The predicted octanol–water partition coefficient (Wildman–Crippen LogP) is 5.45. The molecule has 0 aromatic carbocycles. The Morgan fingerprint density at radius 1 is 1.00 bits per heavy atom. The summed E-state index contributed by atoms with van der Waals surface area (Å²) in [6, 6.07) is 0. The van der Waals surface area contributed by atoms with E-state index in [1.54, 1.807) is 13.0 Å². The highest BCUT2D eigenvalue weighted by atomic mass is 32.2. The van der Waals surface area contributed by atoms with Gasteiger partial charge in [-0.2, -0.15) is 0 Å². The summed E-state index contributed by atoms with van der Waals surface area (Å²) in [6.07, 6.45) is 7.49. The maximum atomic E-state index is 12.4. The third-order valence-electron chi connectivity index (χ3n) is 4.53. The van der Waals surface area contributed by atoms with E-state index in [2.05, 4.69) is 5.32 Å². The van der Waals surface area contributed by atoms with Gasteiger partial charge in [-0.25, -0.2) is 0 Å². The predicted molar refractivity (Wildman–Crippen MR) is 122 cm³/mol. The fraction of sp³-hybridized carbons (Fsp3) is 0.652. The second kappa shape index (κ2) is 13.8. The van der Waals surface area contributed by atoms with Gasteiger partial charge in [-0.05, 0) is 26.9 Å². The third-order valence-corrected chi connectivity index (χ3v) is 5.88. The average Bonchev–Trinajstić information content (AvgIpc) is 2.77. The van der Waals surface area contributed by atoms with Gasteiger partial charge in [0.15, 0.2) is 0 Å². The molecule has 1 saturated heterocycles. The lowest BCUT2D eigenvalue weighted by molar-refractivity contribution is -0.133. The Kier molecular flexibility index (Phi) is 13.1. The number of ether oxygens (including phenoxy) is 1. The van der Waals surface area contributed by atoms with E-state index in [4.69, 9.17) is 4.74 Å². The number of piperidine rings is 1. The first-order valence-electron chi connectivity index (χ1n) is 10.8. The summed E-state index contributed by atoms with van der Waals surface area (Å²) >= 11 is 1.50. The Morgan fingerprint density at radius 3 is 2.07 bits per heavy atom. The quantitative estimate of drug-likeness (QED) is 0.354. The fourth-order valence-corrected chi connectivity index (χ4v) is 4.60. The van der Waals surface area contributed by atoms with E-state index < -0.39 is 5.78 Å². The van der Waals surface area contributed by atoms with Crippen molar-refractivity contribution in [3.8, 4) is 0 Å². The van der Waals surface area contributed by atoms with Gasteiger partial charge in [0, 0.05) is 24.2 Å². The van der Waals surface area contributed by atoms with Crippen molar-refractivity contribution in [2.24, 2.45) is 5.92 Å². The number of hydrogen-bond donors (Lipinski definition) is 1. The summed E-state index contributed by atoms with van der Waals surface area (Å²) in [4.78, 5) is 25.2. The van der Waals surface area contributed by atoms with Crippen LogP contribution in [-0.2, 0) is 14.3 Å². The molecule has 28 heavy (non-hydrogen) atoms. The van der Waals surface area contributed by atoms with Gasteiger partial charge in [0.05, 0.1) is 10.8 Å². The molecule has 1 unspecified atom stereocenters. The van der Waals surface area contributed by atoms with E-state index in [1.807, 2.05) is 60.6 Å². The normalized spacial score (nSPS) is 24.3. The molecular weight excluding hydrogens is 370 g/mol. The van der Waals surface area contributed by atoms with Gasteiger partial charge < -0.3 is 10.1 Å². The van der Waals surface area contributed by atoms with Crippen molar-refractivity contribution < 1.29 is 14.3 Å². The zero-order chi connectivity index (χ0) is 21.7. The molecule has 2 heterocycles. The molecule has 3 aliphatic rings. The summed E-state index contributed by atoms with van der Waals surface area (Å²) in [5.74, 6) is 0.420. The first-order chi connectivity index (χ1) is 13.6. The first-order valence-corrected chi connectivity index (χ1v) is 11.8. The average molecular weight is 410 g/mol. The van der Waals surface area contributed by atoms with Crippen molar-refractivity contribution in [1.29, 1.82) is 0 Å². The highest BCUT2D eigenvalue weighted by molar-refractivity contribution is 8.04. The summed E-state index contributed by atoms with van der Waals surface area (Å²) in [6.45, 7) is 17.6. The molecular formula is C23H39NO3S. The van der Waals surface area contributed by atoms with Crippen LogP contribution in [0.4, 0.5) is 0 Å². The molecule has 1 atom stereocenters. The molecule has 1 N–H and O–H groups in total. The van der Waals surface area contributed by atoms with Crippen LogP contribution in [0.5, 0.6) is 0 Å². The smallest absolute Gasteiger partial charge is 0.242 e. The Morgan fingerprint density at radius 2 is 1.57 bits per heavy atom. The lowest BCUT2D eigenvalue weighted by Crippen LogP contribution is -2.49. The van der Waals surface area contributed by atoms with Crippen LogP contribution in [0.25, 0.3) is 0 Å². The van der Waals surface area contributed by atoms with E-state index in [0.29, 0.717) is 16.2 Å². The minimum Gasteiger partial charge on any atom is -0.488 e. The fourth-order valence-electron chi connectivity index (χ4n) is 3.31. The third kappa shape index (κ3) is 5.84. The molecule has 1 aliphatic carbocycles.